The molecule has 0 spiro atoms. The van der Waals surface area contributed by atoms with Gasteiger partial charge in [0.25, 0.3) is 0 Å². The van der Waals surface area contributed by atoms with Crippen LogP contribution < -0.4 is 5.32 Å². The molecule has 0 radical (unpaired) electrons. The third kappa shape index (κ3) is 2.49. The van der Waals surface area contributed by atoms with Crippen LogP contribution in [0.15, 0.2) is 43.1 Å². The molecule has 6 nitrogen and oxygen atoms in total. The first-order valence-corrected chi connectivity index (χ1v) is 6.20. The molecule has 0 bridgehead atoms. The van der Waals surface area contributed by atoms with Gasteiger partial charge in [0.1, 0.15) is 0 Å². The van der Waals surface area contributed by atoms with Gasteiger partial charge in [0, 0.05) is 25.0 Å². The van der Waals surface area contributed by atoms with E-state index in [9.17, 15) is 4.79 Å². The highest BCUT2D eigenvalue weighted by molar-refractivity contribution is 5.91. The molecule has 2 heterocycles. The SMILES string of the molecule is CC(=O)Nc1ccc2c(c1)ncn2Cc1cnccn1. The number of carbonyl (C=O) groups excluding carboxylic acids is 1. The summed E-state index contributed by atoms with van der Waals surface area (Å²) in [6.07, 6.45) is 6.81. The molecule has 1 aromatic carbocycles. The Labute approximate surface area is 115 Å². The van der Waals surface area contributed by atoms with Crippen molar-refractivity contribution in [3.63, 3.8) is 0 Å². The van der Waals surface area contributed by atoms with Gasteiger partial charge in [0.2, 0.25) is 5.91 Å². The molecule has 3 aromatic rings. The van der Waals surface area contributed by atoms with Crippen LogP contribution in [-0.2, 0) is 11.3 Å². The lowest BCUT2D eigenvalue weighted by Crippen LogP contribution is -2.05. The van der Waals surface area contributed by atoms with Crippen molar-refractivity contribution in [2.45, 2.75) is 13.5 Å². The van der Waals surface area contributed by atoms with E-state index in [4.69, 9.17) is 0 Å². The second-order valence-corrected chi connectivity index (χ2v) is 4.45. The molecule has 0 fully saturated rings. The van der Waals surface area contributed by atoms with Gasteiger partial charge in [-0.2, -0.15) is 0 Å². The number of fused-ring (bicyclic) bond motifs is 1. The molecule has 1 amide bonds. The summed E-state index contributed by atoms with van der Waals surface area (Å²) in [7, 11) is 0. The quantitative estimate of drug-likeness (QED) is 0.785. The zero-order valence-electron chi connectivity index (χ0n) is 10.9. The molecule has 0 atom stereocenters. The van der Waals surface area contributed by atoms with Gasteiger partial charge in [-0.1, -0.05) is 0 Å². The van der Waals surface area contributed by atoms with Crippen molar-refractivity contribution in [2.24, 2.45) is 0 Å². The van der Waals surface area contributed by atoms with Crippen LogP contribution in [0.1, 0.15) is 12.6 Å². The number of nitrogens with one attached hydrogen (secondary N) is 1. The van der Waals surface area contributed by atoms with Gasteiger partial charge in [-0.3, -0.25) is 14.8 Å². The predicted octanol–water partition coefficient (Wildman–Crippen LogP) is 1.83. The molecular weight excluding hydrogens is 254 g/mol. The van der Waals surface area contributed by atoms with E-state index in [2.05, 4.69) is 20.3 Å². The molecule has 2 aromatic heterocycles. The maximum absolute atomic E-state index is 11.0. The lowest BCUT2D eigenvalue weighted by Gasteiger charge is -2.04. The summed E-state index contributed by atoms with van der Waals surface area (Å²) in [5, 5.41) is 2.75. The maximum Gasteiger partial charge on any atom is 0.221 e. The first-order valence-electron chi connectivity index (χ1n) is 6.20. The first-order chi connectivity index (χ1) is 9.72. The van der Waals surface area contributed by atoms with Gasteiger partial charge in [-0.05, 0) is 18.2 Å². The van der Waals surface area contributed by atoms with E-state index >= 15 is 0 Å². The summed E-state index contributed by atoms with van der Waals surface area (Å²) in [5.41, 5.74) is 3.44. The summed E-state index contributed by atoms with van der Waals surface area (Å²) >= 11 is 0. The van der Waals surface area contributed by atoms with Crippen LogP contribution in [0.25, 0.3) is 11.0 Å². The van der Waals surface area contributed by atoms with E-state index in [1.54, 1.807) is 24.9 Å². The highest BCUT2D eigenvalue weighted by Gasteiger charge is 2.05. The van der Waals surface area contributed by atoms with Gasteiger partial charge in [0.15, 0.2) is 0 Å². The van der Waals surface area contributed by atoms with Crippen molar-refractivity contribution in [1.82, 2.24) is 19.5 Å². The largest absolute Gasteiger partial charge is 0.326 e. The first kappa shape index (κ1) is 12.3. The molecule has 0 saturated carbocycles. The van der Waals surface area contributed by atoms with Crippen LogP contribution in [0.2, 0.25) is 0 Å². The molecule has 0 aliphatic rings. The van der Waals surface area contributed by atoms with Crippen LogP contribution in [0.4, 0.5) is 5.69 Å². The minimum Gasteiger partial charge on any atom is -0.326 e. The molecular formula is C14H13N5O. The Morgan fingerprint density at radius 3 is 2.95 bits per heavy atom. The summed E-state index contributed by atoms with van der Waals surface area (Å²) in [5.74, 6) is -0.0941. The Hall–Kier alpha value is -2.76. The number of benzene rings is 1. The number of amides is 1. The molecule has 6 heteroatoms. The van der Waals surface area contributed by atoms with Crippen molar-refractivity contribution in [3.05, 3.63) is 48.8 Å². The van der Waals surface area contributed by atoms with E-state index in [0.29, 0.717) is 6.54 Å². The maximum atomic E-state index is 11.0. The number of imidazole rings is 1. The fourth-order valence-electron chi connectivity index (χ4n) is 2.06. The zero-order chi connectivity index (χ0) is 13.9. The van der Waals surface area contributed by atoms with Crippen molar-refractivity contribution >= 4 is 22.6 Å². The summed E-state index contributed by atoms with van der Waals surface area (Å²) < 4.78 is 2.00. The fraction of sp³-hybridized carbons (Fsp3) is 0.143. The molecule has 20 heavy (non-hydrogen) atoms. The Morgan fingerprint density at radius 2 is 2.20 bits per heavy atom. The number of hydrogen-bond acceptors (Lipinski definition) is 4. The van der Waals surface area contributed by atoms with Crippen LogP contribution in [0.5, 0.6) is 0 Å². The van der Waals surface area contributed by atoms with E-state index in [0.717, 1.165) is 22.4 Å². The summed E-state index contributed by atoms with van der Waals surface area (Å²) in [6, 6.07) is 5.65. The normalized spacial score (nSPS) is 10.7. The second-order valence-electron chi connectivity index (χ2n) is 4.45. The van der Waals surface area contributed by atoms with Crippen molar-refractivity contribution in [1.29, 1.82) is 0 Å². The van der Waals surface area contributed by atoms with Gasteiger partial charge < -0.3 is 9.88 Å². The van der Waals surface area contributed by atoms with Crippen LogP contribution >= 0.6 is 0 Å². The molecule has 0 saturated heterocycles. The highest BCUT2D eigenvalue weighted by atomic mass is 16.1. The highest BCUT2D eigenvalue weighted by Crippen LogP contribution is 2.18. The minimum atomic E-state index is -0.0941. The molecule has 0 aliphatic carbocycles. The standard InChI is InChI=1S/C14H13N5O/c1-10(20)18-11-2-3-14-13(6-11)17-9-19(14)8-12-7-15-4-5-16-12/h2-7,9H,8H2,1H3,(H,18,20). The van der Waals surface area contributed by atoms with Crippen molar-refractivity contribution < 1.29 is 4.79 Å². The number of anilines is 1. The Balaban J connectivity index is 1.92. The Morgan fingerprint density at radius 1 is 1.30 bits per heavy atom. The summed E-state index contributed by atoms with van der Waals surface area (Å²) in [4.78, 5) is 23.7. The Kier molecular flexibility index (Phi) is 3.12. The lowest BCUT2D eigenvalue weighted by atomic mass is 10.2. The Bertz CT molecular complexity index is 751. The third-order valence-electron chi connectivity index (χ3n) is 2.89. The van der Waals surface area contributed by atoms with Crippen molar-refractivity contribution in [2.75, 3.05) is 5.32 Å². The average molecular weight is 267 g/mol. The van der Waals surface area contributed by atoms with Gasteiger partial charge >= 0.3 is 0 Å². The van der Waals surface area contributed by atoms with Gasteiger partial charge in [-0.25, -0.2) is 4.98 Å². The third-order valence-corrected chi connectivity index (χ3v) is 2.89. The van der Waals surface area contributed by atoms with E-state index in [1.165, 1.54) is 6.92 Å². The molecule has 0 aliphatic heterocycles. The number of nitrogens with zero attached hydrogens (tertiary/aromatic N) is 4. The van der Waals surface area contributed by atoms with E-state index in [-0.39, 0.29) is 5.91 Å². The molecule has 1 N–H and O–H groups in total. The predicted molar refractivity (Wildman–Crippen MR) is 75.2 cm³/mol. The van der Waals surface area contributed by atoms with Gasteiger partial charge in [-0.15, -0.1) is 0 Å². The minimum absolute atomic E-state index is 0.0941. The number of hydrogen-bond donors (Lipinski definition) is 1. The fourth-order valence-corrected chi connectivity index (χ4v) is 2.06. The molecule has 100 valence electrons. The zero-order valence-corrected chi connectivity index (χ0v) is 10.9. The second kappa shape index (κ2) is 5.08. The summed E-state index contributed by atoms with van der Waals surface area (Å²) in [6.45, 7) is 2.10. The molecule has 3 rings (SSSR count). The number of carbonyl (C=O) groups is 1. The van der Waals surface area contributed by atoms with E-state index in [1.807, 2.05) is 22.8 Å². The average Bonchev–Trinajstić information content (AvgIpc) is 2.82. The topological polar surface area (TPSA) is 72.7 Å². The van der Waals surface area contributed by atoms with E-state index < -0.39 is 0 Å². The van der Waals surface area contributed by atoms with Crippen LogP contribution in [0.3, 0.4) is 0 Å². The van der Waals surface area contributed by atoms with Crippen LogP contribution in [0, 0.1) is 0 Å². The molecule has 0 unspecified atom stereocenters. The lowest BCUT2D eigenvalue weighted by molar-refractivity contribution is -0.114. The van der Waals surface area contributed by atoms with Crippen LogP contribution in [-0.4, -0.2) is 25.4 Å². The monoisotopic (exact) mass is 267 g/mol. The van der Waals surface area contributed by atoms with Gasteiger partial charge in [0.05, 0.1) is 35.8 Å². The number of rotatable bonds is 3. The smallest absolute Gasteiger partial charge is 0.221 e. The van der Waals surface area contributed by atoms with Crippen molar-refractivity contribution in [3.8, 4) is 0 Å². The number of aromatic nitrogens is 4.